The van der Waals surface area contributed by atoms with E-state index in [0.717, 1.165) is 33.8 Å². The average Bonchev–Trinajstić information content (AvgIpc) is 3.22. The summed E-state index contributed by atoms with van der Waals surface area (Å²) in [6, 6.07) is 7.47. The van der Waals surface area contributed by atoms with E-state index >= 15 is 0 Å². The molecule has 3 heterocycles. The number of benzene rings is 1. The van der Waals surface area contributed by atoms with Gasteiger partial charge < -0.3 is 21.3 Å². The van der Waals surface area contributed by atoms with Crippen molar-refractivity contribution in [3.8, 4) is 0 Å². The Balaban J connectivity index is 1.50. The van der Waals surface area contributed by atoms with Crippen LogP contribution in [0.25, 0.3) is 10.2 Å². The van der Waals surface area contributed by atoms with Gasteiger partial charge in [0.15, 0.2) is 5.13 Å². The fourth-order valence-electron chi connectivity index (χ4n) is 4.11. The molecule has 0 saturated carbocycles. The van der Waals surface area contributed by atoms with E-state index in [0.29, 0.717) is 18.9 Å². The second-order valence-corrected chi connectivity index (χ2v) is 9.38. The summed E-state index contributed by atoms with van der Waals surface area (Å²) in [5, 5.41) is 6.48. The standard InChI is InChI=1S/C23H26N6O3S/c1-13-3-5-17(7-14-4-6-19-18(8-14)28-23(25-2)33-19)29(12-13)22(32)21(31)27-16-9-15(20(24)30)10-26-11-16/h4,6,8-11,13,17H,3,5,7,12H2,1-2H3,(H2,24,30)(H,25,28)(H,27,31)/t13-,17?/m0/s1. The fraction of sp³-hybridized carbons (Fsp3) is 0.348. The molecule has 1 saturated heterocycles. The lowest BCUT2D eigenvalue weighted by Gasteiger charge is -2.38. The summed E-state index contributed by atoms with van der Waals surface area (Å²) in [5.74, 6) is -1.71. The van der Waals surface area contributed by atoms with Gasteiger partial charge >= 0.3 is 11.8 Å². The molecule has 1 aromatic carbocycles. The Labute approximate surface area is 195 Å². The Kier molecular flexibility index (Phi) is 6.55. The number of nitrogens with two attached hydrogens (primary N) is 1. The van der Waals surface area contributed by atoms with Crippen LogP contribution in [-0.4, -0.2) is 52.2 Å². The van der Waals surface area contributed by atoms with Crippen LogP contribution in [-0.2, 0) is 16.0 Å². The molecule has 1 fully saturated rings. The van der Waals surface area contributed by atoms with Crippen LogP contribution < -0.4 is 16.4 Å². The van der Waals surface area contributed by atoms with Crippen LogP contribution in [0.5, 0.6) is 0 Å². The van der Waals surface area contributed by atoms with Crippen molar-refractivity contribution in [3.63, 3.8) is 0 Å². The number of piperidine rings is 1. The molecule has 33 heavy (non-hydrogen) atoms. The fourth-order valence-corrected chi connectivity index (χ4v) is 4.91. The van der Waals surface area contributed by atoms with E-state index in [1.807, 2.05) is 13.1 Å². The molecule has 10 heteroatoms. The summed E-state index contributed by atoms with van der Waals surface area (Å²) in [6.45, 7) is 2.59. The molecular weight excluding hydrogens is 440 g/mol. The first-order valence-electron chi connectivity index (χ1n) is 10.8. The number of amides is 3. The van der Waals surface area contributed by atoms with Crippen LogP contribution in [0, 0.1) is 5.92 Å². The molecule has 0 aliphatic carbocycles. The maximum atomic E-state index is 13.1. The Morgan fingerprint density at radius 1 is 1.21 bits per heavy atom. The van der Waals surface area contributed by atoms with E-state index in [1.165, 1.54) is 18.5 Å². The van der Waals surface area contributed by atoms with E-state index in [-0.39, 0.29) is 17.3 Å². The monoisotopic (exact) mass is 466 g/mol. The van der Waals surface area contributed by atoms with Gasteiger partial charge in [0.25, 0.3) is 0 Å². The lowest BCUT2D eigenvalue weighted by atomic mass is 9.90. The number of hydrogen-bond donors (Lipinski definition) is 3. The first kappa shape index (κ1) is 22.7. The van der Waals surface area contributed by atoms with E-state index < -0.39 is 17.7 Å². The van der Waals surface area contributed by atoms with Gasteiger partial charge in [-0.3, -0.25) is 19.4 Å². The van der Waals surface area contributed by atoms with Gasteiger partial charge in [-0.25, -0.2) is 4.98 Å². The quantitative estimate of drug-likeness (QED) is 0.496. The van der Waals surface area contributed by atoms with Gasteiger partial charge in [-0.1, -0.05) is 24.3 Å². The van der Waals surface area contributed by atoms with Crippen LogP contribution >= 0.6 is 11.3 Å². The van der Waals surface area contributed by atoms with Gasteiger partial charge in [-0.15, -0.1) is 0 Å². The van der Waals surface area contributed by atoms with Gasteiger partial charge in [0.05, 0.1) is 27.7 Å². The molecular formula is C23H26N6O3S. The number of primary amides is 1. The molecule has 4 N–H and O–H groups in total. The van der Waals surface area contributed by atoms with E-state index in [9.17, 15) is 14.4 Å². The second kappa shape index (κ2) is 9.53. The van der Waals surface area contributed by atoms with Gasteiger partial charge in [0.1, 0.15) is 0 Å². The van der Waals surface area contributed by atoms with Crippen molar-refractivity contribution in [1.82, 2.24) is 14.9 Å². The molecule has 2 aromatic heterocycles. The topological polar surface area (TPSA) is 130 Å². The molecule has 0 spiro atoms. The molecule has 1 aliphatic heterocycles. The Morgan fingerprint density at radius 3 is 2.79 bits per heavy atom. The number of carbonyl (C=O) groups excluding carboxylic acids is 3. The van der Waals surface area contributed by atoms with Crippen molar-refractivity contribution in [2.75, 3.05) is 24.2 Å². The summed E-state index contributed by atoms with van der Waals surface area (Å²) < 4.78 is 1.10. The number of pyridine rings is 1. The number of thiazole rings is 1. The molecule has 0 radical (unpaired) electrons. The number of nitrogens with one attached hydrogen (secondary N) is 2. The smallest absolute Gasteiger partial charge is 0.313 e. The van der Waals surface area contributed by atoms with Crippen molar-refractivity contribution >= 4 is 50.1 Å². The third-order valence-corrected chi connectivity index (χ3v) is 6.87. The molecule has 172 valence electrons. The zero-order valence-electron chi connectivity index (χ0n) is 18.5. The number of fused-ring (bicyclic) bond motifs is 1. The SMILES string of the molecule is CNc1nc2cc(CC3CC[C@H](C)CN3C(=O)C(=O)Nc3cncc(C(N)=O)c3)ccc2s1. The second-order valence-electron chi connectivity index (χ2n) is 8.35. The normalized spacial score (nSPS) is 18.2. The molecule has 0 bridgehead atoms. The number of rotatable bonds is 5. The van der Waals surface area contributed by atoms with Gasteiger partial charge in [0.2, 0.25) is 5.91 Å². The Hall–Kier alpha value is -3.53. The summed E-state index contributed by atoms with van der Waals surface area (Å²) >= 11 is 1.59. The zero-order chi connectivity index (χ0) is 23.5. The zero-order valence-corrected chi connectivity index (χ0v) is 19.3. The van der Waals surface area contributed by atoms with Crippen molar-refractivity contribution in [3.05, 3.63) is 47.8 Å². The predicted molar refractivity (Wildman–Crippen MR) is 128 cm³/mol. The van der Waals surface area contributed by atoms with E-state index in [1.54, 1.807) is 16.2 Å². The number of aromatic nitrogens is 2. The number of anilines is 2. The highest BCUT2D eigenvalue weighted by molar-refractivity contribution is 7.22. The molecule has 1 aliphatic rings. The minimum Gasteiger partial charge on any atom is -0.366 e. The average molecular weight is 467 g/mol. The van der Waals surface area contributed by atoms with Crippen LogP contribution in [0.2, 0.25) is 0 Å². The lowest BCUT2D eigenvalue weighted by Crippen LogP contribution is -2.51. The molecule has 1 unspecified atom stereocenters. The first-order valence-corrected chi connectivity index (χ1v) is 11.6. The minimum atomic E-state index is -0.758. The highest BCUT2D eigenvalue weighted by atomic mass is 32.1. The largest absolute Gasteiger partial charge is 0.366 e. The van der Waals surface area contributed by atoms with Crippen molar-refractivity contribution in [1.29, 1.82) is 0 Å². The third-order valence-electron chi connectivity index (χ3n) is 5.81. The maximum absolute atomic E-state index is 13.1. The summed E-state index contributed by atoms with van der Waals surface area (Å²) in [6.07, 6.45) is 5.13. The minimum absolute atomic E-state index is 0.0885. The molecule has 2 atom stereocenters. The Morgan fingerprint density at radius 2 is 2.03 bits per heavy atom. The summed E-state index contributed by atoms with van der Waals surface area (Å²) in [5.41, 5.74) is 7.67. The maximum Gasteiger partial charge on any atom is 0.313 e. The van der Waals surface area contributed by atoms with Crippen molar-refractivity contribution in [2.24, 2.45) is 11.7 Å². The number of hydrogen-bond acceptors (Lipinski definition) is 7. The lowest BCUT2D eigenvalue weighted by molar-refractivity contribution is -0.146. The van der Waals surface area contributed by atoms with Crippen LogP contribution in [0.3, 0.4) is 0 Å². The Bertz CT molecular complexity index is 1210. The van der Waals surface area contributed by atoms with Crippen LogP contribution in [0.15, 0.2) is 36.7 Å². The van der Waals surface area contributed by atoms with Gasteiger partial charge in [-0.05, 0) is 48.9 Å². The third kappa shape index (κ3) is 5.11. The van der Waals surface area contributed by atoms with Crippen molar-refractivity contribution in [2.45, 2.75) is 32.2 Å². The van der Waals surface area contributed by atoms with Crippen LogP contribution in [0.1, 0.15) is 35.7 Å². The number of nitrogens with zero attached hydrogens (tertiary/aromatic N) is 3. The highest BCUT2D eigenvalue weighted by Crippen LogP contribution is 2.29. The first-order chi connectivity index (χ1) is 15.8. The summed E-state index contributed by atoms with van der Waals surface area (Å²) in [4.78, 5) is 47.3. The van der Waals surface area contributed by atoms with Gasteiger partial charge in [-0.2, -0.15) is 0 Å². The highest BCUT2D eigenvalue weighted by Gasteiger charge is 2.33. The molecule has 3 aromatic rings. The van der Waals surface area contributed by atoms with Crippen molar-refractivity contribution < 1.29 is 14.4 Å². The predicted octanol–water partition coefficient (Wildman–Crippen LogP) is 2.64. The summed E-state index contributed by atoms with van der Waals surface area (Å²) in [7, 11) is 1.84. The number of likely N-dealkylation sites (tertiary alicyclic amines) is 1. The number of carbonyl (C=O) groups is 3. The van der Waals surface area contributed by atoms with E-state index in [4.69, 9.17) is 5.73 Å². The molecule has 3 amide bonds. The molecule has 9 nitrogen and oxygen atoms in total. The van der Waals surface area contributed by atoms with Crippen LogP contribution in [0.4, 0.5) is 10.8 Å². The molecule has 4 rings (SSSR count). The van der Waals surface area contributed by atoms with E-state index in [2.05, 4.69) is 39.7 Å². The van der Waals surface area contributed by atoms with Gasteiger partial charge in [0, 0.05) is 25.8 Å².